The summed E-state index contributed by atoms with van der Waals surface area (Å²) in [7, 11) is 0. The van der Waals surface area contributed by atoms with Gasteiger partial charge in [0.05, 0.1) is 0 Å². The minimum absolute atomic E-state index is 0.722. The first-order chi connectivity index (χ1) is 36.3. The lowest BCUT2D eigenvalue weighted by Crippen LogP contribution is -2.51. The van der Waals surface area contributed by atoms with Crippen molar-refractivity contribution in [2.45, 2.75) is 281 Å². The second-order valence-corrected chi connectivity index (χ2v) is 30.5. The highest BCUT2D eigenvalue weighted by Crippen LogP contribution is 2.29. The monoisotopic (exact) mass is 1100 g/mol. The van der Waals surface area contributed by atoms with Crippen LogP contribution in [0.3, 0.4) is 0 Å². The van der Waals surface area contributed by atoms with Crippen molar-refractivity contribution >= 4 is 0 Å². The summed E-state index contributed by atoms with van der Waals surface area (Å²) in [5.41, 5.74) is 0. The van der Waals surface area contributed by atoms with Crippen LogP contribution < -0.4 is 0 Å². The van der Waals surface area contributed by atoms with E-state index < -0.39 is 0 Å². The quantitative estimate of drug-likeness (QED) is 0.170. The van der Waals surface area contributed by atoms with Gasteiger partial charge in [-0.15, -0.1) is 0 Å². The zero-order valence-corrected chi connectivity index (χ0v) is 58.7. The van der Waals surface area contributed by atoms with Crippen molar-refractivity contribution in [3.05, 3.63) is 0 Å². The van der Waals surface area contributed by atoms with E-state index in [4.69, 9.17) is 0 Å². The lowest BCUT2D eigenvalue weighted by atomic mass is 9.86. The molecule has 0 aromatic rings. The van der Waals surface area contributed by atoms with Gasteiger partial charge in [-0.25, -0.2) is 0 Å². The Balaban J connectivity index is 0.000000455. The van der Waals surface area contributed by atoms with Gasteiger partial charge in [0.15, 0.2) is 0 Å². The van der Waals surface area contributed by atoms with E-state index in [1.54, 1.807) is 0 Å². The average Bonchev–Trinajstić information content (AvgIpc) is 4.04. The van der Waals surface area contributed by atoms with Crippen molar-refractivity contribution in [2.24, 2.45) is 71.0 Å². The van der Waals surface area contributed by atoms with Gasteiger partial charge in [0.25, 0.3) is 0 Å². The molecule has 8 heteroatoms. The SMILES string of the molecule is CC(C)C1CCN(C(C)C)C1.CC(C)C1CCN(C(C)C)C1.CC(C)C1CCN(C(C)C)CC1.CC(C)C1CCN(C(C)C)CC1.CC(C)C1CN(C(C)C)C1.CC(C)C1CN(C(C)C)C1.CC(C)N1CCN(C(C)C)CC1. The van der Waals surface area contributed by atoms with E-state index in [0.717, 1.165) is 119 Å². The van der Waals surface area contributed by atoms with E-state index in [1.165, 1.54) is 143 Å². The first-order valence-electron chi connectivity index (χ1n) is 34.2. The van der Waals surface area contributed by atoms with Gasteiger partial charge in [0, 0.05) is 114 Å². The number of nitrogens with zero attached hydrogens (tertiary/aromatic N) is 8. The average molecular weight is 1100 g/mol. The molecular formula is C70H148N8. The van der Waals surface area contributed by atoms with Crippen molar-refractivity contribution in [3.8, 4) is 0 Å². The molecule has 8 nitrogen and oxygen atoms in total. The molecule has 0 amide bonds. The lowest BCUT2D eigenvalue weighted by Gasteiger charge is -2.44. The zero-order chi connectivity index (χ0) is 59.7. The zero-order valence-electron chi connectivity index (χ0n) is 58.7. The molecule has 7 fully saturated rings. The summed E-state index contributed by atoms with van der Waals surface area (Å²) in [5, 5.41) is 0. The van der Waals surface area contributed by atoms with Gasteiger partial charge >= 0.3 is 0 Å². The Bertz CT molecular complexity index is 1170. The molecule has 2 unspecified atom stereocenters. The summed E-state index contributed by atoms with van der Waals surface area (Å²) in [5.74, 6) is 11.1. The summed E-state index contributed by atoms with van der Waals surface area (Å²) in [4.78, 5) is 20.5. The van der Waals surface area contributed by atoms with E-state index >= 15 is 0 Å². The molecule has 7 aliphatic rings. The number of hydrogen-bond acceptors (Lipinski definition) is 8. The van der Waals surface area contributed by atoms with Gasteiger partial charge in [0.2, 0.25) is 0 Å². The van der Waals surface area contributed by atoms with Gasteiger partial charge in [-0.3, -0.25) is 9.80 Å². The normalized spacial score (nSPS) is 23.8. The number of piperidine rings is 2. The maximum atomic E-state index is 2.60. The third-order valence-corrected chi connectivity index (χ3v) is 20.4. The van der Waals surface area contributed by atoms with Gasteiger partial charge < -0.3 is 29.4 Å². The van der Waals surface area contributed by atoms with E-state index in [9.17, 15) is 0 Å². The second kappa shape index (κ2) is 39.3. The summed E-state index contributed by atoms with van der Waals surface area (Å²) >= 11 is 0. The molecule has 0 N–H and O–H groups in total. The molecular weight excluding hydrogens is 953 g/mol. The molecule has 0 radical (unpaired) electrons. The Morgan fingerprint density at radius 3 is 0.474 bits per heavy atom. The van der Waals surface area contributed by atoms with Crippen molar-refractivity contribution in [2.75, 3.05) is 105 Å². The smallest absolute Gasteiger partial charge is 0.0113 e. The minimum Gasteiger partial charge on any atom is -0.301 e. The predicted molar refractivity (Wildman–Crippen MR) is 351 cm³/mol. The van der Waals surface area contributed by atoms with Crippen molar-refractivity contribution in [3.63, 3.8) is 0 Å². The van der Waals surface area contributed by atoms with Crippen LogP contribution in [0.5, 0.6) is 0 Å². The van der Waals surface area contributed by atoms with Crippen LogP contribution in [0.1, 0.15) is 232 Å². The van der Waals surface area contributed by atoms with Gasteiger partial charge in [-0.2, -0.15) is 0 Å². The minimum atomic E-state index is 0.722. The van der Waals surface area contributed by atoms with Crippen LogP contribution in [0.15, 0.2) is 0 Å². The highest BCUT2D eigenvalue weighted by molar-refractivity contribution is 4.86. The van der Waals surface area contributed by atoms with Crippen molar-refractivity contribution in [1.29, 1.82) is 0 Å². The van der Waals surface area contributed by atoms with Gasteiger partial charge in [0.1, 0.15) is 0 Å². The fourth-order valence-electron chi connectivity index (χ4n) is 12.4. The predicted octanol–water partition coefficient (Wildman–Crippen LogP) is 15.7. The standard InChI is InChI=1S/2C11H23N.C10H22N2.2C10H21N.2C9H19N/c3*1-9(2)11-5-7-12(8-6-11)10(3)4;2*1-8(2)10-5-6-11(7-10)9(3)4;2*1-7(2)9-5-10(6-9)8(3)4/h2*9-11H,5-8H2,1-4H3;9-10H,5-8H2,1-4H3;2*8-10H,5-7H2,1-4H3;2*7-9H,5-6H2,1-4H3. The van der Waals surface area contributed by atoms with Crippen molar-refractivity contribution in [1.82, 2.24) is 39.2 Å². The number of piperazine rings is 1. The maximum absolute atomic E-state index is 2.60. The first kappa shape index (κ1) is 75.7. The largest absolute Gasteiger partial charge is 0.301 e. The molecule has 0 aromatic heterocycles. The van der Waals surface area contributed by atoms with Crippen LogP contribution >= 0.6 is 0 Å². The molecule has 0 bridgehead atoms. The Morgan fingerprint density at radius 1 is 0.167 bits per heavy atom. The second-order valence-electron chi connectivity index (χ2n) is 30.5. The lowest BCUT2D eigenvalue weighted by molar-refractivity contribution is 0.0408. The van der Waals surface area contributed by atoms with E-state index in [1.807, 2.05) is 0 Å². The molecule has 0 aliphatic carbocycles. The molecule has 7 rings (SSSR count). The summed E-state index contributed by atoms with van der Waals surface area (Å²) < 4.78 is 0. The number of likely N-dealkylation sites (tertiary alicyclic amines) is 6. The highest BCUT2D eigenvalue weighted by atomic mass is 15.3. The van der Waals surface area contributed by atoms with Gasteiger partial charge in [-0.05, 0) is 260 Å². The Morgan fingerprint density at radius 2 is 0.321 bits per heavy atom. The number of hydrogen-bond donors (Lipinski definition) is 0. The highest BCUT2D eigenvalue weighted by Gasteiger charge is 2.32. The fraction of sp³-hybridized carbons (Fsp3) is 1.00. The Hall–Kier alpha value is -0.320. The van der Waals surface area contributed by atoms with E-state index in [2.05, 4.69) is 233 Å². The van der Waals surface area contributed by atoms with Crippen LogP contribution in [-0.2, 0) is 0 Å². The topological polar surface area (TPSA) is 25.9 Å². The summed E-state index contributed by atoms with van der Waals surface area (Å²) in [6.45, 7) is 85.6. The Kier molecular flexibility index (Phi) is 38.2. The van der Waals surface area contributed by atoms with Crippen LogP contribution in [0.2, 0.25) is 0 Å². The first-order valence-corrected chi connectivity index (χ1v) is 34.2. The van der Waals surface area contributed by atoms with Crippen LogP contribution in [-0.4, -0.2) is 192 Å². The summed E-state index contributed by atoms with van der Waals surface area (Å²) in [6, 6.07) is 5.96. The molecule has 7 aliphatic heterocycles. The van der Waals surface area contributed by atoms with Crippen LogP contribution in [0.25, 0.3) is 0 Å². The fourth-order valence-corrected chi connectivity index (χ4v) is 12.4. The molecule has 7 heterocycles. The molecule has 0 spiro atoms. The van der Waals surface area contributed by atoms with Crippen LogP contribution in [0.4, 0.5) is 0 Å². The molecule has 0 aromatic carbocycles. The maximum Gasteiger partial charge on any atom is 0.0113 e. The third kappa shape index (κ3) is 29.5. The van der Waals surface area contributed by atoms with Crippen LogP contribution in [0, 0.1) is 71.0 Å². The molecule has 468 valence electrons. The third-order valence-electron chi connectivity index (χ3n) is 20.4. The summed E-state index contributed by atoms with van der Waals surface area (Å²) in [6.07, 6.45) is 8.48. The Labute approximate surface area is 493 Å². The van der Waals surface area contributed by atoms with E-state index in [-0.39, 0.29) is 0 Å². The van der Waals surface area contributed by atoms with Gasteiger partial charge in [-0.1, -0.05) is 83.1 Å². The molecule has 7 saturated heterocycles. The molecule has 2 atom stereocenters. The molecule has 78 heavy (non-hydrogen) atoms. The molecule has 0 saturated carbocycles. The number of rotatable bonds is 14. The van der Waals surface area contributed by atoms with Crippen molar-refractivity contribution < 1.29 is 0 Å². The van der Waals surface area contributed by atoms with E-state index in [0.29, 0.717) is 0 Å².